The molecule has 3 heteroatoms. The van der Waals surface area contributed by atoms with Crippen LogP contribution in [0.15, 0.2) is 79.1 Å². The van der Waals surface area contributed by atoms with E-state index < -0.39 is 0 Å². The van der Waals surface area contributed by atoms with Crippen LogP contribution in [0.25, 0.3) is 33.2 Å². The molecule has 4 aromatic rings. The van der Waals surface area contributed by atoms with Gasteiger partial charge in [-0.2, -0.15) is 0 Å². The highest BCUT2D eigenvalue weighted by Crippen LogP contribution is 2.29. The molecule has 110 valence electrons. The summed E-state index contributed by atoms with van der Waals surface area (Å²) in [6.45, 7) is 0. The lowest BCUT2D eigenvalue weighted by Gasteiger charge is -2.08. The maximum atomic E-state index is 6.14. The molecule has 3 nitrogen and oxygen atoms in total. The Morgan fingerprint density at radius 3 is 2.22 bits per heavy atom. The first-order valence-corrected chi connectivity index (χ1v) is 7.47. The molecule has 0 aliphatic heterocycles. The van der Waals surface area contributed by atoms with E-state index in [1.165, 1.54) is 11.1 Å². The Labute approximate surface area is 134 Å². The summed E-state index contributed by atoms with van der Waals surface area (Å²) in [7, 11) is 0. The molecule has 0 aliphatic rings. The minimum absolute atomic E-state index is 0.538. The highest BCUT2D eigenvalue weighted by Gasteiger charge is 2.07. The summed E-state index contributed by atoms with van der Waals surface area (Å²) in [5.41, 5.74) is 11.4. The zero-order valence-corrected chi connectivity index (χ0v) is 12.5. The maximum Gasteiger partial charge on any atom is 0.132 e. The summed E-state index contributed by atoms with van der Waals surface area (Å²) in [5.74, 6) is 0.538. The van der Waals surface area contributed by atoms with E-state index in [0.717, 1.165) is 22.0 Å². The molecule has 0 saturated heterocycles. The van der Waals surface area contributed by atoms with E-state index >= 15 is 0 Å². The molecule has 23 heavy (non-hydrogen) atoms. The number of pyridine rings is 2. The molecule has 0 fully saturated rings. The van der Waals surface area contributed by atoms with Gasteiger partial charge in [0.15, 0.2) is 0 Å². The van der Waals surface area contributed by atoms with Crippen molar-refractivity contribution in [3.63, 3.8) is 0 Å². The van der Waals surface area contributed by atoms with Gasteiger partial charge in [0.2, 0.25) is 0 Å². The second kappa shape index (κ2) is 5.54. The lowest BCUT2D eigenvalue weighted by molar-refractivity contribution is 1.33. The van der Waals surface area contributed by atoms with Crippen molar-refractivity contribution in [1.82, 2.24) is 9.97 Å². The highest BCUT2D eigenvalue weighted by atomic mass is 14.8. The molecule has 2 aromatic carbocycles. The molecule has 4 rings (SSSR count). The summed E-state index contributed by atoms with van der Waals surface area (Å²) in [5, 5.41) is 0.990. The fourth-order valence-electron chi connectivity index (χ4n) is 2.74. The minimum atomic E-state index is 0.538. The molecule has 0 aliphatic carbocycles. The topological polar surface area (TPSA) is 51.8 Å². The van der Waals surface area contributed by atoms with Gasteiger partial charge in [0.25, 0.3) is 0 Å². The summed E-state index contributed by atoms with van der Waals surface area (Å²) >= 11 is 0. The van der Waals surface area contributed by atoms with Gasteiger partial charge >= 0.3 is 0 Å². The molecule has 0 atom stereocenters. The van der Waals surface area contributed by atoms with Gasteiger partial charge in [-0.05, 0) is 28.8 Å². The van der Waals surface area contributed by atoms with E-state index in [2.05, 4.69) is 46.4 Å². The standard InChI is InChI=1S/C20H15N3/c21-20-18(12-17-13-22-11-10-19(17)23-20)16-8-6-15(7-9-16)14-4-2-1-3-5-14/h1-13H,(H2,21,23). The number of nitrogens with zero attached hydrogens (tertiary/aromatic N) is 2. The number of fused-ring (bicyclic) bond motifs is 1. The Bertz CT molecular complexity index is 961. The summed E-state index contributed by atoms with van der Waals surface area (Å²) < 4.78 is 0. The molecule has 0 unspecified atom stereocenters. The van der Waals surface area contributed by atoms with Gasteiger partial charge in [0.1, 0.15) is 5.82 Å². The van der Waals surface area contributed by atoms with E-state index in [9.17, 15) is 0 Å². The van der Waals surface area contributed by atoms with E-state index in [4.69, 9.17) is 5.73 Å². The quantitative estimate of drug-likeness (QED) is 0.590. The van der Waals surface area contributed by atoms with E-state index in [1.807, 2.05) is 36.5 Å². The van der Waals surface area contributed by atoms with Crippen LogP contribution in [-0.4, -0.2) is 9.97 Å². The molecule has 0 saturated carbocycles. The molecule has 2 aromatic heterocycles. The number of benzene rings is 2. The first-order chi connectivity index (χ1) is 11.3. The number of hydrogen-bond acceptors (Lipinski definition) is 3. The number of aromatic nitrogens is 2. The average Bonchev–Trinajstić information content (AvgIpc) is 2.62. The van der Waals surface area contributed by atoms with Crippen molar-refractivity contribution in [2.75, 3.05) is 5.73 Å². The van der Waals surface area contributed by atoms with Crippen molar-refractivity contribution in [2.45, 2.75) is 0 Å². The second-order valence-electron chi connectivity index (χ2n) is 5.43. The van der Waals surface area contributed by atoms with E-state index in [0.29, 0.717) is 5.82 Å². The molecular weight excluding hydrogens is 282 g/mol. The number of nitrogen functional groups attached to an aromatic ring is 1. The van der Waals surface area contributed by atoms with Crippen molar-refractivity contribution >= 4 is 16.7 Å². The predicted molar refractivity (Wildman–Crippen MR) is 94.8 cm³/mol. The number of hydrogen-bond donors (Lipinski definition) is 1. The van der Waals surface area contributed by atoms with Crippen LogP contribution >= 0.6 is 0 Å². The molecule has 0 bridgehead atoms. The van der Waals surface area contributed by atoms with Crippen LogP contribution < -0.4 is 5.73 Å². The van der Waals surface area contributed by atoms with Crippen LogP contribution in [0.4, 0.5) is 5.82 Å². The third-order valence-electron chi connectivity index (χ3n) is 3.95. The van der Waals surface area contributed by atoms with Crippen LogP contribution in [-0.2, 0) is 0 Å². The van der Waals surface area contributed by atoms with E-state index in [1.54, 1.807) is 6.20 Å². The molecule has 2 N–H and O–H groups in total. The number of nitrogens with two attached hydrogens (primary N) is 1. The molecule has 0 radical (unpaired) electrons. The number of anilines is 1. The fraction of sp³-hybridized carbons (Fsp3) is 0. The molecule has 2 heterocycles. The Kier molecular flexibility index (Phi) is 3.24. The highest BCUT2D eigenvalue weighted by molar-refractivity contribution is 5.88. The largest absolute Gasteiger partial charge is 0.383 e. The zero-order valence-electron chi connectivity index (χ0n) is 12.5. The van der Waals surface area contributed by atoms with Crippen molar-refractivity contribution in [3.05, 3.63) is 79.1 Å². The van der Waals surface area contributed by atoms with Gasteiger partial charge in [-0.25, -0.2) is 4.98 Å². The summed E-state index contributed by atoms with van der Waals surface area (Å²) in [6.07, 6.45) is 3.53. The van der Waals surface area contributed by atoms with Crippen molar-refractivity contribution in [2.24, 2.45) is 0 Å². The normalized spacial score (nSPS) is 10.8. The Balaban J connectivity index is 1.78. The molecule has 0 spiro atoms. The Morgan fingerprint density at radius 1 is 0.739 bits per heavy atom. The SMILES string of the molecule is Nc1nc2ccncc2cc1-c1ccc(-c2ccccc2)cc1. The monoisotopic (exact) mass is 297 g/mol. The van der Waals surface area contributed by atoms with Crippen LogP contribution in [0.5, 0.6) is 0 Å². The predicted octanol–water partition coefficient (Wildman–Crippen LogP) is 4.55. The van der Waals surface area contributed by atoms with Crippen LogP contribution in [0.1, 0.15) is 0 Å². The van der Waals surface area contributed by atoms with Crippen LogP contribution in [0, 0.1) is 0 Å². The van der Waals surface area contributed by atoms with Gasteiger partial charge in [-0.1, -0.05) is 54.6 Å². The van der Waals surface area contributed by atoms with E-state index in [-0.39, 0.29) is 0 Å². The second-order valence-corrected chi connectivity index (χ2v) is 5.43. The Morgan fingerprint density at radius 2 is 1.43 bits per heavy atom. The smallest absolute Gasteiger partial charge is 0.132 e. The first-order valence-electron chi connectivity index (χ1n) is 7.47. The van der Waals surface area contributed by atoms with Gasteiger partial charge in [0, 0.05) is 23.3 Å². The molecular formula is C20H15N3. The average molecular weight is 297 g/mol. The fourth-order valence-corrected chi connectivity index (χ4v) is 2.74. The lowest BCUT2D eigenvalue weighted by atomic mass is 10.00. The van der Waals surface area contributed by atoms with Crippen molar-refractivity contribution < 1.29 is 0 Å². The Hall–Kier alpha value is -3.20. The van der Waals surface area contributed by atoms with Crippen LogP contribution in [0.2, 0.25) is 0 Å². The first kappa shape index (κ1) is 13.5. The third-order valence-corrected chi connectivity index (χ3v) is 3.95. The zero-order chi connectivity index (χ0) is 15.6. The number of rotatable bonds is 2. The summed E-state index contributed by atoms with van der Waals surface area (Å²) in [6, 6.07) is 22.6. The van der Waals surface area contributed by atoms with Crippen molar-refractivity contribution in [1.29, 1.82) is 0 Å². The summed E-state index contributed by atoms with van der Waals surface area (Å²) in [4.78, 5) is 8.62. The molecule has 0 amide bonds. The van der Waals surface area contributed by atoms with Gasteiger partial charge in [-0.15, -0.1) is 0 Å². The van der Waals surface area contributed by atoms with Crippen LogP contribution in [0.3, 0.4) is 0 Å². The van der Waals surface area contributed by atoms with Crippen molar-refractivity contribution in [3.8, 4) is 22.3 Å². The third kappa shape index (κ3) is 2.53. The van der Waals surface area contributed by atoms with Gasteiger partial charge in [-0.3, -0.25) is 4.98 Å². The lowest BCUT2D eigenvalue weighted by Crippen LogP contribution is -1.95. The van der Waals surface area contributed by atoms with Gasteiger partial charge < -0.3 is 5.73 Å². The van der Waals surface area contributed by atoms with Gasteiger partial charge in [0.05, 0.1) is 5.52 Å². The minimum Gasteiger partial charge on any atom is -0.383 e. The maximum absolute atomic E-state index is 6.14.